The molecule has 43 heavy (non-hydrogen) atoms. The number of carbonyl (C=O) groups excluding carboxylic acids is 2. The van der Waals surface area contributed by atoms with Crippen LogP contribution in [0.2, 0.25) is 5.02 Å². The number of hydrogen-bond acceptors (Lipinski definition) is 8. The lowest BCUT2D eigenvalue weighted by molar-refractivity contribution is -0.126. The molecule has 1 atom stereocenters. The van der Waals surface area contributed by atoms with Gasteiger partial charge in [0.15, 0.2) is 5.82 Å². The first-order chi connectivity index (χ1) is 20.8. The van der Waals surface area contributed by atoms with Crippen molar-refractivity contribution in [3.05, 3.63) is 99.6 Å². The smallest absolute Gasteiger partial charge is 0.491 e. The van der Waals surface area contributed by atoms with Crippen LogP contribution in [0.15, 0.2) is 65.7 Å². The third-order valence-electron chi connectivity index (χ3n) is 7.43. The molecule has 3 aromatic carbocycles. The number of amides is 2. The Balaban J connectivity index is 1.19. The Labute approximate surface area is 253 Å². The molecule has 0 spiro atoms. The van der Waals surface area contributed by atoms with Crippen molar-refractivity contribution < 1.29 is 24.0 Å². The quantitative estimate of drug-likeness (QED) is 0.264. The van der Waals surface area contributed by atoms with Crippen molar-refractivity contribution in [2.45, 2.75) is 32.5 Å². The number of methoxy groups -OCH3 is 1. The second kappa shape index (κ2) is 12.0. The lowest BCUT2D eigenvalue weighted by Crippen LogP contribution is -2.37. The molecule has 11 nitrogen and oxygen atoms in total. The van der Waals surface area contributed by atoms with Crippen LogP contribution in [0, 0.1) is 6.92 Å². The second-order valence-electron chi connectivity index (χ2n) is 10.3. The predicted octanol–water partition coefficient (Wildman–Crippen LogP) is 2.17. The van der Waals surface area contributed by atoms with Gasteiger partial charge in [-0.25, -0.2) is 0 Å². The number of aromatic nitrogens is 3. The number of benzene rings is 3. The van der Waals surface area contributed by atoms with Gasteiger partial charge in [-0.15, -0.1) is 10.2 Å². The normalized spacial score (nSPS) is 15.1. The highest BCUT2D eigenvalue weighted by Crippen LogP contribution is 2.34. The zero-order valence-electron chi connectivity index (χ0n) is 23.5. The monoisotopic (exact) mass is 598 g/mol. The molecule has 2 aliphatic rings. The maximum atomic E-state index is 13.1. The highest BCUT2D eigenvalue weighted by molar-refractivity contribution is 6.61. The highest BCUT2D eigenvalue weighted by atomic mass is 35.5. The molecule has 2 amide bonds. The number of nitrogens with one attached hydrogen (secondary N) is 2. The van der Waals surface area contributed by atoms with E-state index in [0.29, 0.717) is 34.7 Å². The summed E-state index contributed by atoms with van der Waals surface area (Å²) in [7, 11) is 0.686. The molecule has 3 N–H and O–H groups in total. The topological polar surface area (TPSA) is 140 Å². The zero-order valence-corrected chi connectivity index (χ0v) is 24.3. The van der Waals surface area contributed by atoms with Crippen molar-refractivity contribution >= 4 is 41.7 Å². The third-order valence-corrected chi connectivity index (χ3v) is 7.69. The van der Waals surface area contributed by atoms with Crippen LogP contribution in [0.4, 0.5) is 0 Å². The van der Waals surface area contributed by atoms with Crippen molar-refractivity contribution in [3.63, 3.8) is 0 Å². The van der Waals surface area contributed by atoms with Crippen molar-refractivity contribution in [2.24, 2.45) is 4.99 Å². The number of aryl methyl sites for hydroxylation is 1. The number of aliphatic imine (C=N–C) groups is 1. The van der Waals surface area contributed by atoms with Gasteiger partial charge in [0.05, 0.1) is 38.1 Å². The van der Waals surface area contributed by atoms with Crippen LogP contribution in [0.1, 0.15) is 46.4 Å². The maximum absolute atomic E-state index is 13.1. The summed E-state index contributed by atoms with van der Waals surface area (Å²) in [6.45, 7) is 2.24. The number of halogens is 1. The summed E-state index contributed by atoms with van der Waals surface area (Å²) in [5.41, 5.74) is 5.55. The van der Waals surface area contributed by atoms with Crippen molar-refractivity contribution in [3.8, 4) is 11.4 Å². The van der Waals surface area contributed by atoms with Crippen molar-refractivity contribution in [1.82, 2.24) is 25.4 Å². The van der Waals surface area contributed by atoms with E-state index < -0.39 is 13.2 Å². The molecule has 1 aromatic heterocycles. The molecule has 0 saturated heterocycles. The molecular weight excluding hydrogens is 571 g/mol. The number of ether oxygens (including phenoxy) is 1. The summed E-state index contributed by atoms with van der Waals surface area (Å²) >= 11 is 6.17. The van der Waals surface area contributed by atoms with Gasteiger partial charge >= 0.3 is 7.12 Å². The van der Waals surface area contributed by atoms with Crippen molar-refractivity contribution in [1.29, 1.82) is 0 Å². The van der Waals surface area contributed by atoms with Gasteiger partial charge in [0, 0.05) is 22.7 Å². The molecule has 0 radical (unpaired) electrons. The van der Waals surface area contributed by atoms with Crippen LogP contribution >= 0.6 is 11.6 Å². The van der Waals surface area contributed by atoms with Gasteiger partial charge in [-0.2, -0.15) is 0 Å². The fourth-order valence-electron chi connectivity index (χ4n) is 5.26. The van der Waals surface area contributed by atoms with E-state index in [1.165, 1.54) is 0 Å². The maximum Gasteiger partial charge on any atom is 0.491 e. The summed E-state index contributed by atoms with van der Waals surface area (Å²) in [5, 5.41) is 24.6. The fraction of sp³-hybridized carbons (Fsp3) is 0.233. The summed E-state index contributed by atoms with van der Waals surface area (Å²) < 4.78 is 12.6. The van der Waals surface area contributed by atoms with E-state index in [-0.39, 0.29) is 31.3 Å². The van der Waals surface area contributed by atoms with Crippen LogP contribution < -0.4 is 20.8 Å². The van der Waals surface area contributed by atoms with E-state index in [2.05, 4.69) is 20.8 Å². The largest absolute Gasteiger partial charge is 0.497 e. The molecular formula is C30H28BClN6O5. The molecule has 2 aliphatic heterocycles. The lowest BCUT2D eigenvalue weighted by atomic mass is 9.79. The Morgan fingerprint density at radius 1 is 1.09 bits per heavy atom. The number of nitrogens with zero attached hydrogens (tertiary/aromatic N) is 4. The van der Waals surface area contributed by atoms with Crippen LogP contribution in [0.25, 0.3) is 5.69 Å². The Morgan fingerprint density at radius 2 is 1.91 bits per heavy atom. The summed E-state index contributed by atoms with van der Waals surface area (Å²) in [5.74, 6) is 1.11. The van der Waals surface area contributed by atoms with E-state index >= 15 is 0 Å². The number of carbonyl (C=O) groups is 2. The molecule has 0 fully saturated rings. The molecule has 0 aliphatic carbocycles. The first-order valence-electron chi connectivity index (χ1n) is 13.7. The van der Waals surface area contributed by atoms with Gasteiger partial charge in [0.2, 0.25) is 11.8 Å². The minimum absolute atomic E-state index is 0.0548. The zero-order chi connectivity index (χ0) is 30.1. The van der Waals surface area contributed by atoms with Gasteiger partial charge in [0.1, 0.15) is 17.6 Å². The van der Waals surface area contributed by atoms with E-state index in [9.17, 15) is 14.6 Å². The Kier molecular flexibility index (Phi) is 7.98. The van der Waals surface area contributed by atoms with E-state index in [1.54, 1.807) is 25.3 Å². The van der Waals surface area contributed by atoms with E-state index in [1.807, 2.05) is 54.0 Å². The van der Waals surface area contributed by atoms with Gasteiger partial charge in [-0.1, -0.05) is 41.9 Å². The van der Waals surface area contributed by atoms with E-state index in [0.717, 1.165) is 33.4 Å². The van der Waals surface area contributed by atoms with Gasteiger partial charge in [-0.3, -0.25) is 19.1 Å². The average molecular weight is 599 g/mol. The van der Waals surface area contributed by atoms with Crippen LogP contribution in [0.3, 0.4) is 0 Å². The minimum atomic E-state index is -0.913. The first-order valence-corrected chi connectivity index (χ1v) is 14.1. The number of hydrogen-bond donors (Lipinski definition) is 3. The Hall–Kier alpha value is -4.52. The van der Waals surface area contributed by atoms with Crippen LogP contribution in [-0.2, 0) is 27.4 Å². The standard InChI is InChI=1S/C30H28BClN6O5/c1-17-36-37-30-25(13-27(39)34-15-28(40)33-14-18-3-9-24-20(11-18)16-43-31(24)41)35-29(19-4-6-21(32)7-5-19)23-12-22(42-2)8-10-26(23)38(17)30/h3-12,25,41H,13-16H2,1-2H3,(H,33,40)(H,34,39). The van der Waals surface area contributed by atoms with Crippen LogP contribution in [0.5, 0.6) is 5.75 Å². The highest BCUT2D eigenvalue weighted by Gasteiger charge is 2.30. The lowest BCUT2D eigenvalue weighted by Gasteiger charge is -2.14. The molecule has 3 heterocycles. The SMILES string of the molecule is COc1ccc2c(c1)C(c1ccc(Cl)cc1)=NC(CC(=O)NCC(=O)NCc1ccc3c(c1)COB3O)c1nnc(C)n1-2. The second-order valence-corrected chi connectivity index (χ2v) is 10.7. The molecule has 6 rings (SSSR count). The molecule has 1 unspecified atom stereocenters. The Morgan fingerprint density at radius 3 is 2.70 bits per heavy atom. The molecule has 218 valence electrons. The van der Waals surface area contributed by atoms with Gasteiger partial charge < -0.3 is 25.0 Å². The summed E-state index contributed by atoms with van der Waals surface area (Å²) in [6, 6.07) is 17.8. The molecule has 0 saturated carbocycles. The minimum Gasteiger partial charge on any atom is -0.497 e. The number of fused-ring (bicyclic) bond motifs is 4. The van der Waals surface area contributed by atoms with Gasteiger partial charge in [-0.05, 0) is 53.8 Å². The first kappa shape index (κ1) is 28.6. The molecule has 13 heteroatoms. The van der Waals surface area contributed by atoms with Crippen LogP contribution in [-0.4, -0.2) is 58.1 Å². The summed E-state index contributed by atoms with van der Waals surface area (Å²) in [4.78, 5) is 30.7. The van der Waals surface area contributed by atoms with Gasteiger partial charge in [0.25, 0.3) is 0 Å². The fourth-order valence-corrected chi connectivity index (χ4v) is 5.39. The third kappa shape index (κ3) is 5.89. The van der Waals surface area contributed by atoms with Crippen molar-refractivity contribution in [2.75, 3.05) is 13.7 Å². The van der Waals surface area contributed by atoms with E-state index in [4.69, 9.17) is 26.0 Å². The molecule has 0 bridgehead atoms. The average Bonchev–Trinajstić information content (AvgIpc) is 3.55. The predicted molar refractivity (Wildman–Crippen MR) is 161 cm³/mol. The summed E-state index contributed by atoms with van der Waals surface area (Å²) in [6.07, 6.45) is -0.0548. The Bertz CT molecular complexity index is 1740. The molecule has 4 aromatic rings. The number of rotatable bonds is 8.